The van der Waals surface area contributed by atoms with Crippen molar-refractivity contribution in [3.63, 3.8) is 0 Å². The zero-order valence-corrected chi connectivity index (χ0v) is 13.3. The van der Waals surface area contributed by atoms with E-state index in [2.05, 4.69) is 48.5 Å². The lowest BCUT2D eigenvalue weighted by Crippen LogP contribution is -2.31. The van der Waals surface area contributed by atoms with Gasteiger partial charge in [-0.25, -0.2) is 0 Å². The topological polar surface area (TPSA) is 29.5 Å². The van der Waals surface area contributed by atoms with Crippen LogP contribution in [-0.4, -0.2) is 17.5 Å². The molecule has 116 valence electrons. The molecule has 1 N–H and O–H groups in total. The molecule has 1 unspecified atom stereocenters. The molecule has 2 aromatic rings. The van der Waals surface area contributed by atoms with Gasteiger partial charge in [0.1, 0.15) is 0 Å². The molecule has 2 heteroatoms. The first-order valence-electron chi connectivity index (χ1n) is 8.15. The van der Waals surface area contributed by atoms with Gasteiger partial charge in [-0.2, -0.15) is 0 Å². The van der Waals surface area contributed by atoms with Crippen molar-refractivity contribution < 1.29 is 9.84 Å². The van der Waals surface area contributed by atoms with E-state index in [1.807, 2.05) is 13.0 Å². The van der Waals surface area contributed by atoms with Gasteiger partial charge in [0.15, 0.2) is 5.79 Å². The van der Waals surface area contributed by atoms with E-state index in [-0.39, 0.29) is 0 Å². The largest absolute Gasteiger partial charge is 0.362 e. The van der Waals surface area contributed by atoms with Crippen LogP contribution >= 0.6 is 0 Å². The Hall–Kier alpha value is -2.16. The Kier molecular flexibility index (Phi) is 3.44. The molecule has 0 spiro atoms. The summed E-state index contributed by atoms with van der Waals surface area (Å²) in [5.74, 6) is -1.19. The fourth-order valence-electron chi connectivity index (χ4n) is 3.70. The van der Waals surface area contributed by atoms with Crippen LogP contribution in [0.4, 0.5) is 0 Å². The number of aliphatic hydroxyl groups is 1. The van der Waals surface area contributed by atoms with E-state index in [4.69, 9.17) is 4.74 Å². The first-order valence-corrected chi connectivity index (χ1v) is 8.15. The van der Waals surface area contributed by atoms with Crippen LogP contribution in [0.2, 0.25) is 0 Å². The molecule has 0 fully saturated rings. The van der Waals surface area contributed by atoms with Crippen molar-refractivity contribution in [3.05, 3.63) is 77.4 Å². The average molecular weight is 304 g/mol. The second-order valence-electron chi connectivity index (χ2n) is 6.17. The smallest absolute Gasteiger partial charge is 0.189 e. The van der Waals surface area contributed by atoms with Crippen LogP contribution in [0, 0.1) is 0 Å². The van der Waals surface area contributed by atoms with E-state index < -0.39 is 5.79 Å². The summed E-state index contributed by atoms with van der Waals surface area (Å²) >= 11 is 0. The van der Waals surface area contributed by atoms with Gasteiger partial charge in [0.2, 0.25) is 0 Å². The maximum atomic E-state index is 10.6. The number of rotatable bonds is 3. The van der Waals surface area contributed by atoms with Gasteiger partial charge in [-0.1, -0.05) is 54.6 Å². The third-order valence-electron chi connectivity index (χ3n) is 4.69. The highest BCUT2D eigenvalue weighted by molar-refractivity contribution is 5.84. The third kappa shape index (κ3) is 2.44. The van der Waals surface area contributed by atoms with Crippen LogP contribution in [-0.2, 0) is 11.2 Å². The van der Waals surface area contributed by atoms with Crippen LogP contribution in [0.5, 0.6) is 0 Å². The number of hydrogen-bond acceptors (Lipinski definition) is 2. The molecule has 23 heavy (non-hydrogen) atoms. The predicted molar refractivity (Wildman–Crippen MR) is 93.0 cm³/mol. The number of ether oxygens (including phenoxy) is 1. The number of benzene rings is 2. The minimum absolute atomic E-state index is 0.490. The van der Waals surface area contributed by atoms with Gasteiger partial charge < -0.3 is 9.84 Å². The molecule has 0 amide bonds. The van der Waals surface area contributed by atoms with Crippen molar-refractivity contribution in [3.8, 4) is 11.1 Å². The summed E-state index contributed by atoms with van der Waals surface area (Å²) in [6.07, 6.45) is 7.17. The van der Waals surface area contributed by atoms with Crippen LogP contribution in [0.1, 0.15) is 30.0 Å². The molecular formula is C21H20O2. The molecule has 0 bridgehead atoms. The van der Waals surface area contributed by atoms with E-state index >= 15 is 0 Å². The minimum Gasteiger partial charge on any atom is -0.362 e. The molecule has 4 rings (SSSR count). The minimum atomic E-state index is -1.19. The number of fused-ring (bicyclic) bond motifs is 3. The fourth-order valence-corrected chi connectivity index (χ4v) is 3.70. The van der Waals surface area contributed by atoms with E-state index in [0.717, 1.165) is 12.0 Å². The molecule has 0 saturated heterocycles. The van der Waals surface area contributed by atoms with Crippen LogP contribution in [0.25, 0.3) is 16.7 Å². The monoisotopic (exact) mass is 304 g/mol. The maximum Gasteiger partial charge on any atom is 0.189 e. The first-order chi connectivity index (χ1) is 11.2. The van der Waals surface area contributed by atoms with Gasteiger partial charge >= 0.3 is 0 Å². The Morgan fingerprint density at radius 1 is 1.04 bits per heavy atom. The highest BCUT2D eigenvalue weighted by atomic mass is 16.6. The van der Waals surface area contributed by atoms with E-state index in [0.29, 0.717) is 13.0 Å². The molecule has 0 aromatic heterocycles. The van der Waals surface area contributed by atoms with Gasteiger partial charge in [-0.3, -0.25) is 0 Å². The standard InChI is InChI=1S/C21H20O2/c1-2-23-21(22)12-6-8-16(14-21)18-10-5-11-19-17-9-4-3-7-15(17)13-20(18)19/h3-12,22H,2,13-14H2,1H3. The molecular weight excluding hydrogens is 284 g/mol. The molecule has 0 aliphatic heterocycles. The Balaban J connectivity index is 1.76. The molecule has 2 aliphatic rings. The highest BCUT2D eigenvalue weighted by Gasteiger charge is 2.30. The highest BCUT2D eigenvalue weighted by Crippen LogP contribution is 2.42. The number of hydrogen-bond donors (Lipinski definition) is 1. The summed E-state index contributed by atoms with van der Waals surface area (Å²) in [4.78, 5) is 0. The Morgan fingerprint density at radius 2 is 1.83 bits per heavy atom. The van der Waals surface area contributed by atoms with Gasteiger partial charge in [-0.15, -0.1) is 0 Å². The first kappa shape index (κ1) is 14.4. The Morgan fingerprint density at radius 3 is 2.70 bits per heavy atom. The molecule has 2 nitrogen and oxygen atoms in total. The van der Waals surface area contributed by atoms with Gasteiger partial charge in [0.25, 0.3) is 0 Å². The fraction of sp³-hybridized carbons (Fsp3) is 0.238. The predicted octanol–water partition coefficient (Wildman–Crippen LogP) is 4.33. The lowest BCUT2D eigenvalue weighted by molar-refractivity contribution is -0.159. The lowest BCUT2D eigenvalue weighted by atomic mass is 9.89. The summed E-state index contributed by atoms with van der Waals surface area (Å²) in [6, 6.07) is 15.0. The summed E-state index contributed by atoms with van der Waals surface area (Å²) in [5.41, 5.74) is 7.73. The van der Waals surface area contributed by atoms with Crippen molar-refractivity contribution >= 4 is 5.57 Å². The summed E-state index contributed by atoms with van der Waals surface area (Å²) in [7, 11) is 0. The molecule has 0 radical (unpaired) electrons. The van der Waals surface area contributed by atoms with Crippen LogP contribution in [0.15, 0.2) is 60.7 Å². The normalized spacial score (nSPS) is 21.7. The second-order valence-corrected chi connectivity index (χ2v) is 6.17. The van der Waals surface area contributed by atoms with Gasteiger partial charge in [0, 0.05) is 13.0 Å². The summed E-state index contributed by atoms with van der Waals surface area (Å²) in [5, 5.41) is 10.6. The SMILES string of the molecule is CCOC1(O)C=CC=C(c2cccc3c2Cc2ccccc2-3)C1. The third-order valence-corrected chi connectivity index (χ3v) is 4.69. The van der Waals surface area contributed by atoms with Crippen molar-refractivity contribution in [2.75, 3.05) is 6.61 Å². The maximum absolute atomic E-state index is 10.6. The van der Waals surface area contributed by atoms with Crippen molar-refractivity contribution in [2.45, 2.75) is 25.6 Å². The second kappa shape index (κ2) is 5.48. The van der Waals surface area contributed by atoms with Crippen LogP contribution < -0.4 is 0 Å². The quantitative estimate of drug-likeness (QED) is 0.730. The van der Waals surface area contributed by atoms with Crippen molar-refractivity contribution in [2.24, 2.45) is 0 Å². The van der Waals surface area contributed by atoms with E-state index in [1.165, 1.54) is 27.8 Å². The van der Waals surface area contributed by atoms with Gasteiger partial charge in [-0.05, 0) is 52.8 Å². The zero-order valence-electron chi connectivity index (χ0n) is 13.3. The Labute approximate surface area is 136 Å². The van der Waals surface area contributed by atoms with Crippen LogP contribution in [0.3, 0.4) is 0 Å². The lowest BCUT2D eigenvalue weighted by Gasteiger charge is -2.28. The van der Waals surface area contributed by atoms with Crippen molar-refractivity contribution in [1.29, 1.82) is 0 Å². The van der Waals surface area contributed by atoms with Gasteiger partial charge in [0.05, 0.1) is 0 Å². The van der Waals surface area contributed by atoms with E-state index in [9.17, 15) is 5.11 Å². The Bertz CT molecular complexity index is 816. The van der Waals surface area contributed by atoms with Crippen molar-refractivity contribution in [1.82, 2.24) is 0 Å². The molecule has 0 heterocycles. The molecule has 2 aliphatic carbocycles. The van der Waals surface area contributed by atoms with E-state index in [1.54, 1.807) is 6.08 Å². The zero-order chi connectivity index (χ0) is 15.9. The molecule has 0 saturated carbocycles. The molecule has 1 atom stereocenters. The average Bonchev–Trinajstić information content (AvgIpc) is 2.93. The summed E-state index contributed by atoms with van der Waals surface area (Å²) in [6.45, 7) is 2.40. The molecule has 2 aromatic carbocycles. The number of allylic oxidation sites excluding steroid dienone is 2. The summed E-state index contributed by atoms with van der Waals surface area (Å²) < 4.78 is 5.53.